The molecule has 2 nitrogen and oxygen atoms in total. The fourth-order valence-electron chi connectivity index (χ4n) is 1.34. The van der Waals surface area contributed by atoms with Gasteiger partial charge < -0.3 is 10.3 Å². The van der Waals surface area contributed by atoms with Crippen molar-refractivity contribution in [1.29, 1.82) is 0 Å². The Hall–Kier alpha value is -0.860. The summed E-state index contributed by atoms with van der Waals surface area (Å²) in [5.41, 5.74) is 6.83. The van der Waals surface area contributed by atoms with Crippen molar-refractivity contribution in [2.45, 2.75) is 0 Å². The van der Waals surface area contributed by atoms with Gasteiger partial charge in [0.2, 0.25) is 0 Å². The normalized spacial score (nSPS) is 10.0. The van der Waals surface area contributed by atoms with Crippen molar-refractivity contribution in [2.75, 3.05) is 5.73 Å². The lowest BCUT2D eigenvalue weighted by atomic mass is 10.2. The largest absolute Gasteiger partial charge is 0.385 e. The van der Waals surface area contributed by atoms with Crippen LogP contribution < -0.4 is 5.73 Å². The van der Waals surface area contributed by atoms with Gasteiger partial charge in [0.1, 0.15) is 5.82 Å². The molecule has 2 N–H and O–H groups in total. The van der Waals surface area contributed by atoms with Crippen LogP contribution in [-0.4, -0.2) is 4.57 Å². The molecular formula is C9H10Cl2N2. The molecule has 0 radical (unpaired) electrons. The van der Waals surface area contributed by atoms with E-state index in [1.807, 2.05) is 35.9 Å². The van der Waals surface area contributed by atoms with E-state index in [4.69, 9.17) is 17.3 Å². The number of rotatable bonds is 0. The standard InChI is InChI=1S/C9H9ClN2.ClH/c1-12-8-3-2-7(10)4-6(8)5-9(12)11;/h2-5H,11H2,1H3;1H. The van der Waals surface area contributed by atoms with Crippen molar-refractivity contribution >= 4 is 40.7 Å². The van der Waals surface area contributed by atoms with E-state index >= 15 is 0 Å². The van der Waals surface area contributed by atoms with E-state index in [9.17, 15) is 0 Å². The lowest BCUT2D eigenvalue weighted by Gasteiger charge is -1.97. The fourth-order valence-corrected chi connectivity index (χ4v) is 1.52. The summed E-state index contributed by atoms with van der Waals surface area (Å²) < 4.78 is 1.94. The quantitative estimate of drug-likeness (QED) is 0.722. The number of halogens is 2. The lowest BCUT2D eigenvalue weighted by molar-refractivity contribution is 0.983. The summed E-state index contributed by atoms with van der Waals surface area (Å²) in [6, 6.07) is 7.66. The van der Waals surface area contributed by atoms with E-state index in [-0.39, 0.29) is 12.4 Å². The topological polar surface area (TPSA) is 30.9 Å². The Bertz CT molecular complexity index is 434. The molecule has 1 heterocycles. The molecule has 0 saturated heterocycles. The Kier molecular flexibility index (Phi) is 2.74. The molecule has 0 aliphatic heterocycles. The molecule has 0 atom stereocenters. The Morgan fingerprint density at radius 3 is 2.69 bits per heavy atom. The van der Waals surface area contributed by atoms with Gasteiger partial charge in [-0.2, -0.15) is 0 Å². The second-order valence-electron chi connectivity index (χ2n) is 2.83. The smallest absolute Gasteiger partial charge is 0.104 e. The maximum Gasteiger partial charge on any atom is 0.104 e. The predicted octanol–water partition coefficient (Wildman–Crippen LogP) is 2.84. The van der Waals surface area contributed by atoms with Gasteiger partial charge in [0.25, 0.3) is 0 Å². The Morgan fingerprint density at radius 2 is 2.00 bits per heavy atom. The number of aromatic nitrogens is 1. The Balaban J connectivity index is 0.000000845. The first-order valence-corrected chi connectivity index (χ1v) is 4.07. The molecule has 0 fully saturated rings. The van der Waals surface area contributed by atoms with Crippen LogP contribution in [0.5, 0.6) is 0 Å². The molecule has 1 aromatic carbocycles. The summed E-state index contributed by atoms with van der Waals surface area (Å²) >= 11 is 5.83. The van der Waals surface area contributed by atoms with Gasteiger partial charge in [-0.25, -0.2) is 0 Å². The average molecular weight is 217 g/mol. The highest BCUT2D eigenvalue weighted by atomic mass is 35.5. The minimum absolute atomic E-state index is 0. The molecule has 2 aromatic rings. The second kappa shape index (κ2) is 3.48. The third-order valence-corrected chi connectivity index (χ3v) is 2.28. The zero-order chi connectivity index (χ0) is 8.72. The summed E-state index contributed by atoms with van der Waals surface area (Å²) in [6.45, 7) is 0. The number of nitrogen functional groups attached to an aromatic ring is 1. The number of anilines is 1. The zero-order valence-corrected chi connectivity index (χ0v) is 8.69. The number of aryl methyl sites for hydroxylation is 1. The summed E-state index contributed by atoms with van der Waals surface area (Å²) in [5.74, 6) is 0.757. The maximum atomic E-state index is 5.83. The van der Waals surface area contributed by atoms with Crippen molar-refractivity contribution in [3.8, 4) is 0 Å². The zero-order valence-electron chi connectivity index (χ0n) is 7.12. The molecule has 0 unspecified atom stereocenters. The Labute approximate surface area is 87.7 Å². The average Bonchev–Trinajstić information content (AvgIpc) is 2.28. The third kappa shape index (κ3) is 1.60. The van der Waals surface area contributed by atoms with Gasteiger partial charge in [-0.05, 0) is 24.3 Å². The summed E-state index contributed by atoms with van der Waals surface area (Å²) in [6.07, 6.45) is 0. The van der Waals surface area contributed by atoms with Gasteiger partial charge in [0.15, 0.2) is 0 Å². The Morgan fingerprint density at radius 1 is 1.31 bits per heavy atom. The van der Waals surface area contributed by atoms with Gasteiger partial charge in [-0.15, -0.1) is 12.4 Å². The monoisotopic (exact) mass is 216 g/mol. The molecule has 0 spiro atoms. The van der Waals surface area contributed by atoms with E-state index in [0.717, 1.165) is 21.7 Å². The van der Waals surface area contributed by atoms with Crippen LogP contribution in [0, 0.1) is 0 Å². The first-order valence-electron chi connectivity index (χ1n) is 3.69. The van der Waals surface area contributed by atoms with Gasteiger partial charge in [-0.1, -0.05) is 11.6 Å². The van der Waals surface area contributed by atoms with Crippen LogP contribution in [-0.2, 0) is 7.05 Å². The summed E-state index contributed by atoms with van der Waals surface area (Å²) in [5, 5.41) is 1.83. The number of benzene rings is 1. The molecule has 0 bridgehead atoms. The first kappa shape index (κ1) is 10.2. The van der Waals surface area contributed by atoms with E-state index in [1.165, 1.54) is 0 Å². The van der Waals surface area contributed by atoms with E-state index in [0.29, 0.717) is 0 Å². The number of fused-ring (bicyclic) bond motifs is 1. The van der Waals surface area contributed by atoms with Gasteiger partial charge in [-0.3, -0.25) is 0 Å². The fraction of sp³-hybridized carbons (Fsp3) is 0.111. The van der Waals surface area contributed by atoms with E-state index in [2.05, 4.69) is 0 Å². The molecule has 13 heavy (non-hydrogen) atoms. The van der Waals surface area contributed by atoms with Crippen LogP contribution in [0.4, 0.5) is 5.82 Å². The predicted molar refractivity (Wildman–Crippen MR) is 59.6 cm³/mol. The van der Waals surface area contributed by atoms with Crippen molar-refractivity contribution in [1.82, 2.24) is 4.57 Å². The molecule has 0 saturated carbocycles. The number of nitrogens with two attached hydrogens (primary N) is 1. The maximum absolute atomic E-state index is 5.83. The van der Waals surface area contributed by atoms with Gasteiger partial charge >= 0.3 is 0 Å². The van der Waals surface area contributed by atoms with E-state index in [1.54, 1.807) is 0 Å². The summed E-state index contributed by atoms with van der Waals surface area (Å²) in [4.78, 5) is 0. The second-order valence-corrected chi connectivity index (χ2v) is 3.27. The highest BCUT2D eigenvalue weighted by molar-refractivity contribution is 6.31. The molecular weight excluding hydrogens is 207 g/mol. The van der Waals surface area contributed by atoms with Gasteiger partial charge in [0, 0.05) is 23.0 Å². The van der Waals surface area contributed by atoms with Crippen LogP contribution >= 0.6 is 24.0 Å². The summed E-state index contributed by atoms with van der Waals surface area (Å²) in [7, 11) is 1.94. The number of nitrogens with zero attached hydrogens (tertiary/aromatic N) is 1. The van der Waals surface area contributed by atoms with Crippen molar-refractivity contribution in [2.24, 2.45) is 7.05 Å². The molecule has 0 amide bonds. The SMILES string of the molecule is Cl.Cn1c(N)cc2cc(Cl)ccc21. The molecule has 70 valence electrons. The minimum atomic E-state index is 0. The van der Waals surface area contributed by atoms with Crippen LogP contribution in [0.1, 0.15) is 0 Å². The number of hydrogen-bond donors (Lipinski definition) is 1. The highest BCUT2D eigenvalue weighted by Crippen LogP contribution is 2.23. The van der Waals surface area contributed by atoms with Crippen LogP contribution in [0.2, 0.25) is 5.02 Å². The van der Waals surface area contributed by atoms with Crippen molar-refractivity contribution < 1.29 is 0 Å². The third-order valence-electron chi connectivity index (χ3n) is 2.04. The van der Waals surface area contributed by atoms with E-state index < -0.39 is 0 Å². The lowest BCUT2D eigenvalue weighted by Crippen LogP contribution is -1.94. The van der Waals surface area contributed by atoms with Gasteiger partial charge in [0.05, 0.1) is 0 Å². The minimum Gasteiger partial charge on any atom is -0.385 e. The molecule has 2 rings (SSSR count). The van der Waals surface area contributed by atoms with Crippen molar-refractivity contribution in [3.05, 3.63) is 29.3 Å². The van der Waals surface area contributed by atoms with Crippen LogP contribution in [0.25, 0.3) is 10.9 Å². The molecule has 0 aliphatic carbocycles. The van der Waals surface area contributed by atoms with Crippen LogP contribution in [0.15, 0.2) is 24.3 Å². The van der Waals surface area contributed by atoms with Crippen LogP contribution in [0.3, 0.4) is 0 Å². The highest BCUT2D eigenvalue weighted by Gasteiger charge is 2.01. The molecule has 1 aromatic heterocycles. The molecule has 4 heteroatoms. The molecule has 0 aliphatic rings. The first-order chi connectivity index (χ1) is 5.68. The van der Waals surface area contributed by atoms with Crippen molar-refractivity contribution in [3.63, 3.8) is 0 Å². The number of hydrogen-bond acceptors (Lipinski definition) is 1.